The molecule has 0 atom stereocenters. The van der Waals surface area contributed by atoms with Crippen LogP contribution in [0.15, 0.2) is 67.2 Å². The molecular weight excluding hydrogens is 262 g/mol. The molecule has 0 aliphatic heterocycles. The average Bonchev–Trinajstić information content (AvgIpc) is 2.56. The van der Waals surface area contributed by atoms with E-state index in [0.717, 1.165) is 11.8 Å². The Bertz CT molecular complexity index is 569. The highest BCUT2D eigenvalue weighted by molar-refractivity contribution is 5.99. The summed E-state index contributed by atoms with van der Waals surface area (Å²) in [6.07, 6.45) is 1.09. The van der Waals surface area contributed by atoms with E-state index < -0.39 is 0 Å². The molecule has 2 aromatic carbocycles. The van der Waals surface area contributed by atoms with Gasteiger partial charge >= 0.3 is 0 Å². The van der Waals surface area contributed by atoms with Crippen molar-refractivity contribution in [3.05, 3.63) is 78.4 Å². The van der Waals surface area contributed by atoms with Crippen LogP contribution in [0.4, 0.5) is 0 Å². The molecule has 2 aromatic rings. The van der Waals surface area contributed by atoms with Crippen molar-refractivity contribution in [3.8, 4) is 0 Å². The van der Waals surface area contributed by atoms with Gasteiger partial charge in [0.15, 0.2) is 0 Å². The minimum Gasteiger partial charge on any atom is -0.308 e. The number of rotatable bonds is 6. The second kappa shape index (κ2) is 7.20. The van der Waals surface area contributed by atoms with Crippen molar-refractivity contribution < 1.29 is 9.59 Å². The highest BCUT2D eigenvalue weighted by Gasteiger charge is 2.18. The summed E-state index contributed by atoms with van der Waals surface area (Å²) in [7, 11) is 0. The lowest BCUT2D eigenvalue weighted by atomic mass is 10.1. The van der Waals surface area contributed by atoms with Gasteiger partial charge in [-0.05, 0) is 17.7 Å². The lowest BCUT2D eigenvalue weighted by Crippen LogP contribution is -2.30. The summed E-state index contributed by atoms with van der Waals surface area (Å²) in [5.41, 5.74) is 2.06. The third-order valence-electron chi connectivity index (χ3n) is 3.17. The van der Waals surface area contributed by atoms with Crippen LogP contribution >= 0.6 is 0 Å². The summed E-state index contributed by atoms with van der Waals surface area (Å²) in [5.74, 6) is -0.147. The van der Waals surface area contributed by atoms with Crippen LogP contribution in [-0.4, -0.2) is 23.6 Å². The fourth-order valence-electron chi connectivity index (χ4n) is 2.06. The van der Waals surface area contributed by atoms with Gasteiger partial charge in [-0.1, -0.05) is 55.1 Å². The zero-order chi connectivity index (χ0) is 15.1. The van der Waals surface area contributed by atoms with Gasteiger partial charge in [0.25, 0.3) is 5.91 Å². The molecule has 21 heavy (non-hydrogen) atoms. The maximum Gasteiger partial charge on any atom is 0.258 e. The van der Waals surface area contributed by atoms with Crippen LogP contribution in [0.3, 0.4) is 0 Å². The van der Waals surface area contributed by atoms with Crippen molar-refractivity contribution >= 4 is 17.9 Å². The number of hydrogen-bond acceptors (Lipinski definition) is 2. The first kappa shape index (κ1) is 14.7. The average molecular weight is 279 g/mol. The molecule has 2 rings (SSSR count). The minimum absolute atomic E-state index is 0.147. The number of benzene rings is 2. The Labute approximate surface area is 124 Å². The van der Waals surface area contributed by atoms with Crippen molar-refractivity contribution in [2.24, 2.45) is 0 Å². The molecule has 0 aliphatic rings. The SMILES string of the molecule is C=C(c1ccccc1)N(CCC=O)C(=O)c1ccccc1. The molecule has 3 heteroatoms. The van der Waals surface area contributed by atoms with E-state index in [-0.39, 0.29) is 12.3 Å². The molecule has 0 bridgehead atoms. The molecule has 0 radical (unpaired) electrons. The largest absolute Gasteiger partial charge is 0.308 e. The van der Waals surface area contributed by atoms with Gasteiger partial charge in [-0.3, -0.25) is 4.79 Å². The molecule has 106 valence electrons. The third-order valence-corrected chi connectivity index (χ3v) is 3.17. The Morgan fingerprint density at radius 1 is 0.952 bits per heavy atom. The second-order valence-corrected chi connectivity index (χ2v) is 4.59. The van der Waals surface area contributed by atoms with Crippen LogP contribution in [0.2, 0.25) is 0 Å². The number of carbonyl (C=O) groups is 2. The second-order valence-electron chi connectivity index (χ2n) is 4.59. The maximum absolute atomic E-state index is 12.6. The zero-order valence-corrected chi connectivity index (χ0v) is 11.7. The molecule has 0 saturated heterocycles. The first-order chi connectivity index (χ1) is 10.2. The fraction of sp³-hybridized carbons (Fsp3) is 0.111. The summed E-state index contributed by atoms with van der Waals surface area (Å²) in [6, 6.07) is 18.5. The van der Waals surface area contributed by atoms with E-state index in [1.165, 1.54) is 0 Å². The highest BCUT2D eigenvalue weighted by atomic mass is 16.2. The molecule has 3 nitrogen and oxygen atoms in total. The van der Waals surface area contributed by atoms with Gasteiger partial charge in [0, 0.05) is 24.2 Å². The number of hydrogen-bond donors (Lipinski definition) is 0. The molecule has 0 saturated carbocycles. The number of amides is 1. The highest BCUT2D eigenvalue weighted by Crippen LogP contribution is 2.20. The predicted molar refractivity (Wildman–Crippen MR) is 83.6 cm³/mol. The van der Waals surface area contributed by atoms with Crippen LogP contribution in [-0.2, 0) is 4.79 Å². The Hall–Kier alpha value is -2.68. The van der Waals surface area contributed by atoms with Gasteiger partial charge in [0.1, 0.15) is 6.29 Å². The number of carbonyl (C=O) groups excluding carboxylic acids is 2. The molecule has 0 fully saturated rings. The van der Waals surface area contributed by atoms with E-state index in [2.05, 4.69) is 6.58 Å². The molecule has 0 heterocycles. The summed E-state index contributed by atoms with van der Waals surface area (Å²) >= 11 is 0. The van der Waals surface area contributed by atoms with Gasteiger partial charge in [-0.15, -0.1) is 0 Å². The molecule has 0 spiro atoms. The lowest BCUT2D eigenvalue weighted by molar-refractivity contribution is -0.107. The summed E-state index contributed by atoms with van der Waals surface area (Å²) in [5, 5.41) is 0. The van der Waals surface area contributed by atoms with E-state index in [0.29, 0.717) is 17.8 Å². The van der Waals surface area contributed by atoms with Crippen molar-refractivity contribution in [3.63, 3.8) is 0 Å². The molecule has 0 aromatic heterocycles. The van der Waals surface area contributed by atoms with Gasteiger partial charge < -0.3 is 9.69 Å². The van der Waals surface area contributed by atoms with E-state index in [9.17, 15) is 9.59 Å². The van der Waals surface area contributed by atoms with Crippen molar-refractivity contribution in [2.45, 2.75) is 6.42 Å². The summed E-state index contributed by atoms with van der Waals surface area (Å²) in [6.45, 7) is 4.34. The van der Waals surface area contributed by atoms with Gasteiger partial charge in [0.2, 0.25) is 0 Å². The standard InChI is InChI=1S/C18H17NO2/c1-15(16-9-4-2-5-10-16)19(13-8-14-20)18(21)17-11-6-3-7-12-17/h2-7,9-12,14H,1,8,13H2. The zero-order valence-electron chi connectivity index (χ0n) is 11.7. The number of aldehydes is 1. The molecule has 0 aliphatic carbocycles. The van der Waals surface area contributed by atoms with Crippen LogP contribution in [0.5, 0.6) is 0 Å². The number of nitrogens with zero attached hydrogens (tertiary/aromatic N) is 1. The first-order valence-corrected chi connectivity index (χ1v) is 6.79. The van der Waals surface area contributed by atoms with E-state index >= 15 is 0 Å². The van der Waals surface area contributed by atoms with Crippen LogP contribution in [0, 0.1) is 0 Å². The molecular formula is C18H17NO2. The molecule has 1 amide bonds. The van der Waals surface area contributed by atoms with Crippen LogP contribution in [0.1, 0.15) is 22.3 Å². The normalized spacial score (nSPS) is 9.90. The Morgan fingerprint density at radius 2 is 1.48 bits per heavy atom. The topological polar surface area (TPSA) is 37.4 Å². The fourth-order valence-corrected chi connectivity index (χ4v) is 2.06. The summed E-state index contributed by atoms with van der Waals surface area (Å²) < 4.78 is 0. The molecule has 0 N–H and O–H groups in total. The third kappa shape index (κ3) is 3.66. The van der Waals surface area contributed by atoms with Crippen LogP contribution in [0.25, 0.3) is 5.70 Å². The van der Waals surface area contributed by atoms with Gasteiger partial charge in [-0.2, -0.15) is 0 Å². The van der Waals surface area contributed by atoms with Crippen molar-refractivity contribution in [1.29, 1.82) is 0 Å². The van der Waals surface area contributed by atoms with E-state index in [1.54, 1.807) is 17.0 Å². The predicted octanol–water partition coefficient (Wildman–Crippen LogP) is 3.39. The van der Waals surface area contributed by atoms with Crippen molar-refractivity contribution in [1.82, 2.24) is 4.90 Å². The Balaban J connectivity index is 2.28. The van der Waals surface area contributed by atoms with Crippen LogP contribution < -0.4 is 0 Å². The molecule has 0 unspecified atom stereocenters. The monoisotopic (exact) mass is 279 g/mol. The van der Waals surface area contributed by atoms with E-state index in [4.69, 9.17) is 0 Å². The summed E-state index contributed by atoms with van der Waals surface area (Å²) in [4.78, 5) is 24.8. The Morgan fingerprint density at radius 3 is 2.00 bits per heavy atom. The maximum atomic E-state index is 12.6. The van der Waals surface area contributed by atoms with Gasteiger partial charge in [0.05, 0.1) is 0 Å². The van der Waals surface area contributed by atoms with Crippen molar-refractivity contribution in [2.75, 3.05) is 6.54 Å². The van der Waals surface area contributed by atoms with E-state index in [1.807, 2.05) is 48.5 Å². The smallest absolute Gasteiger partial charge is 0.258 e. The quantitative estimate of drug-likeness (QED) is 0.760. The lowest BCUT2D eigenvalue weighted by Gasteiger charge is -2.24. The Kier molecular flexibility index (Phi) is 5.04. The van der Waals surface area contributed by atoms with Gasteiger partial charge in [-0.25, -0.2) is 0 Å². The minimum atomic E-state index is -0.147. The first-order valence-electron chi connectivity index (χ1n) is 6.79.